The minimum absolute atomic E-state index is 0.181. The third-order valence-corrected chi connectivity index (χ3v) is 2.60. The Balaban J connectivity index is 3.22. The van der Waals surface area contributed by atoms with Crippen molar-refractivity contribution >= 4 is 38.5 Å². The molecule has 0 aliphatic carbocycles. The van der Waals surface area contributed by atoms with E-state index in [4.69, 9.17) is 0 Å². The lowest BCUT2D eigenvalue weighted by Gasteiger charge is -2.10. The second kappa shape index (κ2) is 4.12. The molecule has 1 heterocycles. The van der Waals surface area contributed by atoms with E-state index in [9.17, 15) is 13.2 Å². The van der Waals surface area contributed by atoms with Gasteiger partial charge in [-0.25, -0.2) is 4.98 Å². The molecule has 0 radical (unpaired) electrons. The summed E-state index contributed by atoms with van der Waals surface area (Å²) in [7, 11) is 0. The normalized spacial score (nSPS) is 11.8. The summed E-state index contributed by atoms with van der Waals surface area (Å²) >= 11 is 4.88. The molecule has 1 nitrogen and oxygen atoms in total. The molecule has 0 spiro atoms. The van der Waals surface area contributed by atoms with Gasteiger partial charge in [0.1, 0.15) is 3.70 Å². The summed E-state index contributed by atoms with van der Waals surface area (Å²) < 4.78 is 37.5. The fourth-order valence-electron chi connectivity index (χ4n) is 0.834. The molecule has 6 heteroatoms. The van der Waals surface area contributed by atoms with E-state index in [1.165, 1.54) is 6.07 Å². The maximum absolute atomic E-state index is 12.3. The molecular formula is C7H4BrF3IN. The van der Waals surface area contributed by atoms with Crippen molar-refractivity contribution in [1.82, 2.24) is 4.98 Å². The van der Waals surface area contributed by atoms with Crippen LogP contribution < -0.4 is 0 Å². The predicted molar refractivity (Wildman–Crippen MR) is 54.6 cm³/mol. The standard InChI is InChI=1S/C7H4BrF3IN/c8-2-4-1-6(12)13-3-5(4)7(9,10)11/h1,3H,2H2. The van der Waals surface area contributed by atoms with Crippen LogP contribution in [-0.2, 0) is 11.5 Å². The molecule has 1 rings (SSSR count). The Morgan fingerprint density at radius 2 is 2.08 bits per heavy atom. The van der Waals surface area contributed by atoms with E-state index < -0.39 is 11.7 Å². The first kappa shape index (κ1) is 11.2. The van der Waals surface area contributed by atoms with E-state index in [0.29, 0.717) is 3.70 Å². The van der Waals surface area contributed by atoms with Crippen molar-refractivity contribution in [2.75, 3.05) is 0 Å². The van der Waals surface area contributed by atoms with Gasteiger partial charge in [0, 0.05) is 11.5 Å². The number of halogens is 5. The summed E-state index contributed by atoms with van der Waals surface area (Å²) in [5, 5.41) is 0.181. The summed E-state index contributed by atoms with van der Waals surface area (Å²) in [4.78, 5) is 3.60. The first-order valence-corrected chi connectivity index (χ1v) is 5.42. The average molecular weight is 366 g/mol. The molecule has 72 valence electrons. The summed E-state index contributed by atoms with van der Waals surface area (Å²) in [6.07, 6.45) is -3.46. The maximum Gasteiger partial charge on any atom is 0.418 e. The highest BCUT2D eigenvalue weighted by molar-refractivity contribution is 14.1. The number of nitrogens with zero attached hydrogens (tertiary/aromatic N) is 1. The third-order valence-electron chi connectivity index (χ3n) is 1.41. The van der Waals surface area contributed by atoms with Crippen molar-refractivity contribution in [3.8, 4) is 0 Å². The highest BCUT2D eigenvalue weighted by Crippen LogP contribution is 2.32. The predicted octanol–water partition coefficient (Wildman–Crippen LogP) is 3.60. The van der Waals surface area contributed by atoms with Crippen LogP contribution in [0, 0.1) is 3.70 Å². The van der Waals surface area contributed by atoms with Gasteiger partial charge in [-0.3, -0.25) is 0 Å². The van der Waals surface area contributed by atoms with E-state index in [1.54, 1.807) is 0 Å². The number of alkyl halides is 4. The van der Waals surface area contributed by atoms with Gasteiger partial charge in [-0.05, 0) is 34.2 Å². The van der Waals surface area contributed by atoms with E-state index in [-0.39, 0.29) is 10.9 Å². The van der Waals surface area contributed by atoms with Gasteiger partial charge in [-0.2, -0.15) is 13.2 Å². The van der Waals surface area contributed by atoms with Crippen LogP contribution in [0.5, 0.6) is 0 Å². The summed E-state index contributed by atoms with van der Waals surface area (Å²) in [6.45, 7) is 0. The molecule has 1 aromatic rings. The smallest absolute Gasteiger partial charge is 0.250 e. The lowest BCUT2D eigenvalue weighted by Crippen LogP contribution is -2.09. The van der Waals surface area contributed by atoms with Crippen LogP contribution in [0.15, 0.2) is 12.3 Å². The lowest BCUT2D eigenvalue weighted by molar-refractivity contribution is -0.138. The van der Waals surface area contributed by atoms with Crippen LogP contribution in [0.3, 0.4) is 0 Å². The van der Waals surface area contributed by atoms with Crippen LogP contribution in [0.2, 0.25) is 0 Å². The molecule has 0 aliphatic heterocycles. The van der Waals surface area contributed by atoms with Gasteiger partial charge < -0.3 is 0 Å². The Morgan fingerprint density at radius 3 is 2.54 bits per heavy atom. The molecule has 0 N–H and O–H groups in total. The Morgan fingerprint density at radius 1 is 1.46 bits per heavy atom. The van der Waals surface area contributed by atoms with Crippen molar-refractivity contribution in [2.45, 2.75) is 11.5 Å². The largest absolute Gasteiger partial charge is 0.418 e. The third kappa shape index (κ3) is 2.80. The Bertz CT molecular complexity index is 313. The molecule has 0 atom stereocenters. The van der Waals surface area contributed by atoms with Gasteiger partial charge in [0.15, 0.2) is 0 Å². The fourth-order valence-corrected chi connectivity index (χ4v) is 1.81. The topological polar surface area (TPSA) is 12.9 Å². The number of hydrogen-bond donors (Lipinski definition) is 0. The second-order valence-corrected chi connectivity index (χ2v) is 3.96. The Kier molecular flexibility index (Phi) is 3.56. The lowest BCUT2D eigenvalue weighted by atomic mass is 10.1. The molecule has 0 amide bonds. The zero-order valence-corrected chi connectivity index (χ0v) is 9.94. The molecule has 0 bridgehead atoms. The number of rotatable bonds is 1. The van der Waals surface area contributed by atoms with Crippen molar-refractivity contribution in [3.63, 3.8) is 0 Å². The van der Waals surface area contributed by atoms with E-state index in [0.717, 1.165) is 6.20 Å². The molecule has 0 aromatic carbocycles. The molecule has 0 unspecified atom stereocenters. The van der Waals surface area contributed by atoms with Crippen LogP contribution in [0.25, 0.3) is 0 Å². The van der Waals surface area contributed by atoms with Crippen molar-refractivity contribution in [1.29, 1.82) is 0 Å². The molecule has 0 saturated carbocycles. The number of pyridine rings is 1. The quantitative estimate of drug-likeness (QED) is 0.421. The van der Waals surface area contributed by atoms with Gasteiger partial charge in [0.25, 0.3) is 0 Å². The highest BCUT2D eigenvalue weighted by atomic mass is 127. The van der Waals surface area contributed by atoms with Gasteiger partial charge in [-0.1, -0.05) is 15.9 Å². The first-order valence-electron chi connectivity index (χ1n) is 3.22. The number of aromatic nitrogens is 1. The minimum Gasteiger partial charge on any atom is -0.250 e. The van der Waals surface area contributed by atoms with Crippen LogP contribution in [0.1, 0.15) is 11.1 Å². The molecule has 0 aliphatic rings. The molecule has 0 saturated heterocycles. The van der Waals surface area contributed by atoms with Crippen LogP contribution in [0.4, 0.5) is 13.2 Å². The molecular weight excluding hydrogens is 362 g/mol. The van der Waals surface area contributed by atoms with E-state index in [1.807, 2.05) is 22.6 Å². The van der Waals surface area contributed by atoms with Gasteiger partial charge in [-0.15, -0.1) is 0 Å². The van der Waals surface area contributed by atoms with Gasteiger partial charge in [0.2, 0.25) is 0 Å². The molecule has 1 aromatic heterocycles. The molecule has 0 fully saturated rings. The first-order chi connectivity index (χ1) is 5.95. The second-order valence-electron chi connectivity index (χ2n) is 2.30. The molecule has 13 heavy (non-hydrogen) atoms. The average Bonchev–Trinajstić information content (AvgIpc) is 2.01. The van der Waals surface area contributed by atoms with Gasteiger partial charge >= 0.3 is 6.18 Å². The van der Waals surface area contributed by atoms with Crippen molar-refractivity contribution in [3.05, 3.63) is 27.1 Å². The zero-order chi connectivity index (χ0) is 10.1. The monoisotopic (exact) mass is 365 g/mol. The summed E-state index contributed by atoms with van der Waals surface area (Å²) in [5.41, 5.74) is -0.461. The van der Waals surface area contributed by atoms with Crippen LogP contribution >= 0.6 is 38.5 Å². The number of hydrogen-bond acceptors (Lipinski definition) is 1. The van der Waals surface area contributed by atoms with Gasteiger partial charge in [0.05, 0.1) is 5.56 Å². The minimum atomic E-state index is -4.32. The van der Waals surface area contributed by atoms with E-state index in [2.05, 4.69) is 20.9 Å². The van der Waals surface area contributed by atoms with Crippen molar-refractivity contribution in [2.24, 2.45) is 0 Å². The van der Waals surface area contributed by atoms with Crippen molar-refractivity contribution < 1.29 is 13.2 Å². The highest BCUT2D eigenvalue weighted by Gasteiger charge is 2.33. The Labute approximate surface area is 95.0 Å². The van der Waals surface area contributed by atoms with Crippen LogP contribution in [-0.4, -0.2) is 4.98 Å². The maximum atomic E-state index is 12.3. The van der Waals surface area contributed by atoms with E-state index >= 15 is 0 Å². The fraction of sp³-hybridized carbons (Fsp3) is 0.286. The zero-order valence-electron chi connectivity index (χ0n) is 6.20. The Hall–Kier alpha value is 0.150. The SMILES string of the molecule is FC(F)(F)c1cnc(I)cc1CBr. The summed E-state index contributed by atoms with van der Waals surface area (Å²) in [5.74, 6) is 0. The summed E-state index contributed by atoms with van der Waals surface area (Å²) in [6, 6.07) is 1.41.